The Morgan fingerprint density at radius 1 is 1.19 bits per heavy atom. The minimum absolute atomic E-state index is 0.143. The summed E-state index contributed by atoms with van der Waals surface area (Å²) in [7, 11) is 0. The third kappa shape index (κ3) is 3.99. The summed E-state index contributed by atoms with van der Waals surface area (Å²) in [5.41, 5.74) is 6.13. The lowest BCUT2D eigenvalue weighted by Crippen LogP contribution is -2.30. The molecule has 2 aromatic rings. The number of hydrogen-bond donors (Lipinski definition) is 2. The Bertz CT molecular complexity index is 792. The molecule has 4 nitrogen and oxygen atoms in total. The second kappa shape index (κ2) is 7.37. The number of nitrogens with zero attached hydrogens (tertiary/aromatic N) is 1. The molecule has 1 atom stereocenters. The zero-order chi connectivity index (χ0) is 18.7. The fourth-order valence-corrected chi connectivity index (χ4v) is 3.09. The molecule has 1 saturated heterocycles. The molecule has 1 unspecified atom stereocenters. The molecule has 0 aromatic heterocycles. The van der Waals surface area contributed by atoms with E-state index in [1.54, 1.807) is 29.2 Å². The Kier molecular flexibility index (Phi) is 5.18. The van der Waals surface area contributed by atoms with Crippen molar-refractivity contribution < 1.29 is 18.0 Å². The predicted molar refractivity (Wildman–Crippen MR) is 94.2 cm³/mol. The van der Waals surface area contributed by atoms with Crippen LogP contribution in [0.4, 0.5) is 24.5 Å². The van der Waals surface area contributed by atoms with E-state index >= 15 is 0 Å². The van der Waals surface area contributed by atoms with Crippen molar-refractivity contribution >= 4 is 17.3 Å². The maximum atomic E-state index is 12.9. The second-order valence-corrected chi connectivity index (χ2v) is 6.39. The van der Waals surface area contributed by atoms with Gasteiger partial charge in [0, 0.05) is 18.8 Å². The van der Waals surface area contributed by atoms with Crippen LogP contribution in [0.15, 0.2) is 48.5 Å². The van der Waals surface area contributed by atoms with Crippen LogP contribution in [-0.2, 0) is 6.18 Å². The second-order valence-electron chi connectivity index (χ2n) is 6.39. The third-order valence-electron chi connectivity index (χ3n) is 4.53. The first kappa shape index (κ1) is 18.3. The molecular formula is C19H20F3N3O. The van der Waals surface area contributed by atoms with Crippen molar-refractivity contribution in [3.05, 3.63) is 59.7 Å². The zero-order valence-electron chi connectivity index (χ0n) is 14.1. The predicted octanol–water partition coefficient (Wildman–Crippen LogP) is 3.87. The third-order valence-corrected chi connectivity index (χ3v) is 4.53. The minimum atomic E-state index is -4.42. The van der Waals surface area contributed by atoms with E-state index in [4.69, 9.17) is 5.73 Å². The maximum Gasteiger partial charge on any atom is 0.416 e. The van der Waals surface area contributed by atoms with Gasteiger partial charge in [-0.05, 0) is 49.2 Å². The summed E-state index contributed by atoms with van der Waals surface area (Å²) >= 11 is 0. The molecule has 0 radical (unpaired) electrons. The number of anilines is 2. The van der Waals surface area contributed by atoms with Crippen molar-refractivity contribution in [3.63, 3.8) is 0 Å². The van der Waals surface area contributed by atoms with Crippen molar-refractivity contribution in [1.82, 2.24) is 4.90 Å². The van der Waals surface area contributed by atoms with Crippen LogP contribution in [-0.4, -0.2) is 30.4 Å². The van der Waals surface area contributed by atoms with Crippen LogP contribution in [0.5, 0.6) is 0 Å². The molecule has 26 heavy (non-hydrogen) atoms. The van der Waals surface area contributed by atoms with Gasteiger partial charge in [0.05, 0.1) is 16.8 Å². The molecular weight excluding hydrogens is 343 g/mol. The van der Waals surface area contributed by atoms with Gasteiger partial charge in [-0.1, -0.05) is 18.2 Å². The number of carbonyl (C=O) groups is 1. The summed E-state index contributed by atoms with van der Waals surface area (Å²) < 4.78 is 38.7. The molecule has 1 amide bonds. The first-order valence-corrected chi connectivity index (χ1v) is 8.41. The van der Waals surface area contributed by atoms with Gasteiger partial charge in [-0.2, -0.15) is 13.2 Å². The highest BCUT2D eigenvalue weighted by Crippen LogP contribution is 2.32. The largest absolute Gasteiger partial charge is 0.416 e. The molecule has 2 aromatic carbocycles. The first-order valence-electron chi connectivity index (χ1n) is 8.41. The molecule has 1 aliphatic rings. The highest BCUT2D eigenvalue weighted by atomic mass is 19.4. The van der Waals surface area contributed by atoms with Gasteiger partial charge in [0.15, 0.2) is 0 Å². The topological polar surface area (TPSA) is 58.4 Å². The van der Waals surface area contributed by atoms with Crippen molar-refractivity contribution in [1.29, 1.82) is 0 Å². The number of amides is 1. The summed E-state index contributed by atoms with van der Waals surface area (Å²) in [5.74, 6) is 0.151. The van der Waals surface area contributed by atoms with Crippen LogP contribution >= 0.6 is 0 Å². The summed E-state index contributed by atoms with van der Waals surface area (Å²) in [6.45, 7) is 1.78. The smallest absolute Gasteiger partial charge is 0.355 e. The number of alkyl halides is 3. The lowest BCUT2D eigenvalue weighted by Gasteiger charge is -2.19. The van der Waals surface area contributed by atoms with Gasteiger partial charge in [0.2, 0.25) is 0 Å². The summed E-state index contributed by atoms with van der Waals surface area (Å²) in [6, 6.07) is 11.7. The Morgan fingerprint density at radius 3 is 2.65 bits per heavy atom. The first-order chi connectivity index (χ1) is 12.4. The summed E-state index contributed by atoms with van der Waals surface area (Å²) in [4.78, 5) is 14.6. The molecule has 3 rings (SSSR count). The quantitative estimate of drug-likeness (QED) is 0.867. The van der Waals surface area contributed by atoms with Crippen molar-refractivity contribution in [2.75, 3.05) is 25.0 Å². The van der Waals surface area contributed by atoms with Gasteiger partial charge >= 0.3 is 6.18 Å². The van der Waals surface area contributed by atoms with Crippen molar-refractivity contribution in [3.8, 4) is 0 Å². The van der Waals surface area contributed by atoms with Gasteiger partial charge in [0.1, 0.15) is 0 Å². The van der Waals surface area contributed by atoms with E-state index in [2.05, 4.69) is 5.32 Å². The average molecular weight is 363 g/mol. The van der Waals surface area contributed by atoms with E-state index in [0.717, 1.165) is 18.6 Å². The van der Waals surface area contributed by atoms with Crippen LogP contribution in [0, 0.1) is 5.92 Å². The number of carbonyl (C=O) groups excluding carboxylic acids is 1. The SMILES string of the molecule is NCC1CCN(C(=O)c2ccccc2Nc2cccc(C(F)(F)F)c2)C1. The molecule has 0 bridgehead atoms. The number of nitrogens with two attached hydrogens (primary N) is 1. The molecule has 3 N–H and O–H groups in total. The van der Waals surface area contributed by atoms with Gasteiger partial charge in [-0.15, -0.1) is 0 Å². The van der Waals surface area contributed by atoms with Crippen LogP contribution in [0.1, 0.15) is 22.3 Å². The van der Waals surface area contributed by atoms with Crippen LogP contribution < -0.4 is 11.1 Å². The number of benzene rings is 2. The molecule has 0 aliphatic carbocycles. The lowest BCUT2D eigenvalue weighted by molar-refractivity contribution is -0.137. The van der Waals surface area contributed by atoms with Gasteiger partial charge < -0.3 is 16.0 Å². The molecule has 138 valence electrons. The highest BCUT2D eigenvalue weighted by Gasteiger charge is 2.31. The number of likely N-dealkylation sites (tertiary alicyclic amines) is 1. The van der Waals surface area contributed by atoms with Gasteiger partial charge in [0.25, 0.3) is 5.91 Å². The Hall–Kier alpha value is -2.54. The Morgan fingerprint density at radius 2 is 1.96 bits per heavy atom. The van der Waals surface area contributed by atoms with Gasteiger partial charge in [-0.3, -0.25) is 4.79 Å². The number of rotatable bonds is 4. The van der Waals surface area contributed by atoms with E-state index < -0.39 is 11.7 Å². The minimum Gasteiger partial charge on any atom is -0.355 e. The Balaban J connectivity index is 1.83. The van der Waals surface area contributed by atoms with Crippen LogP contribution in [0.2, 0.25) is 0 Å². The maximum absolute atomic E-state index is 12.9. The summed E-state index contributed by atoms with van der Waals surface area (Å²) in [6.07, 6.45) is -3.55. The van der Waals surface area contributed by atoms with Crippen molar-refractivity contribution in [2.45, 2.75) is 12.6 Å². The van der Waals surface area contributed by atoms with E-state index in [-0.39, 0.29) is 11.6 Å². The molecule has 1 fully saturated rings. The number of hydrogen-bond acceptors (Lipinski definition) is 3. The lowest BCUT2D eigenvalue weighted by atomic mass is 10.1. The fourth-order valence-electron chi connectivity index (χ4n) is 3.09. The molecule has 1 heterocycles. The zero-order valence-corrected chi connectivity index (χ0v) is 14.1. The summed E-state index contributed by atoms with van der Waals surface area (Å²) in [5, 5.41) is 2.94. The molecule has 0 spiro atoms. The Labute approximate surface area is 149 Å². The van der Waals surface area contributed by atoms with E-state index in [1.165, 1.54) is 12.1 Å². The molecule has 0 saturated carbocycles. The fraction of sp³-hybridized carbons (Fsp3) is 0.316. The van der Waals surface area contributed by atoms with Crippen LogP contribution in [0.25, 0.3) is 0 Å². The number of halogens is 3. The highest BCUT2D eigenvalue weighted by molar-refractivity contribution is 6.00. The standard InChI is InChI=1S/C19H20F3N3O/c20-19(21,22)14-4-3-5-15(10-14)24-17-7-2-1-6-16(17)18(26)25-9-8-13(11-23)12-25/h1-7,10,13,24H,8-9,11-12,23H2. The van der Waals surface area contributed by atoms with E-state index in [0.29, 0.717) is 36.8 Å². The molecule has 1 aliphatic heterocycles. The van der Waals surface area contributed by atoms with Crippen molar-refractivity contribution in [2.24, 2.45) is 11.7 Å². The number of nitrogens with one attached hydrogen (secondary N) is 1. The van der Waals surface area contributed by atoms with E-state index in [9.17, 15) is 18.0 Å². The average Bonchev–Trinajstić information content (AvgIpc) is 3.10. The molecule has 7 heteroatoms. The van der Waals surface area contributed by atoms with Crippen LogP contribution in [0.3, 0.4) is 0 Å². The monoisotopic (exact) mass is 363 g/mol. The number of para-hydroxylation sites is 1. The van der Waals surface area contributed by atoms with Gasteiger partial charge in [-0.25, -0.2) is 0 Å². The van der Waals surface area contributed by atoms with E-state index in [1.807, 2.05) is 0 Å². The normalized spacial score (nSPS) is 17.4.